The van der Waals surface area contributed by atoms with Gasteiger partial charge in [-0.25, -0.2) is 0 Å². The number of hydrogen-bond acceptors (Lipinski definition) is 2. The lowest BCUT2D eigenvalue weighted by Gasteiger charge is -2.11. The molecule has 0 aliphatic heterocycles. The fourth-order valence-corrected chi connectivity index (χ4v) is 3.28. The highest BCUT2D eigenvalue weighted by Gasteiger charge is 2.08. The highest BCUT2D eigenvalue weighted by atomic mass is 32.1. The van der Waals surface area contributed by atoms with Gasteiger partial charge in [0.1, 0.15) is 0 Å². The van der Waals surface area contributed by atoms with Crippen molar-refractivity contribution < 1.29 is 0 Å². The van der Waals surface area contributed by atoms with Gasteiger partial charge in [0.25, 0.3) is 0 Å². The number of unbranched alkanes of at least 4 members (excludes halogenated alkanes) is 3. The van der Waals surface area contributed by atoms with E-state index in [1.54, 1.807) is 0 Å². The summed E-state index contributed by atoms with van der Waals surface area (Å²) < 4.78 is 1.40. The van der Waals surface area contributed by atoms with Crippen LogP contribution in [0.2, 0.25) is 0 Å². The standard InChI is InChI=1S/C16H23NS/c1-3-4-5-8-11-17-13(2)16-12-14-9-6-7-10-15(14)18-16/h6-7,9-10,12-13,17H,3-5,8,11H2,1-2H3. The third-order valence-electron chi connectivity index (χ3n) is 3.35. The van der Waals surface area contributed by atoms with Crippen molar-refractivity contribution >= 4 is 21.4 Å². The van der Waals surface area contributed by atoms with Gasteiger partial charge in [-0.1, -0.05) is 44.4 Å². The molecule has 0 saturated heterocycles. The second-order valence-corrected chi connectivity index (χ2v) is 6.04. The lowest BCUT2D eigenvalue weighted by atomic mass is 10.2. The van der Waals surface area contributed by atoms with E-state index < -0.39 is 0 Å². The molecule has 0 fully saturated rings. The molecule has 0 amide bonds. The minimum absolute atomic E-state index is 0.476. The van der Waals surface area contributed by atoms with Gasteiger partial charge in [0.2, 0.25) is 0 Å². The Kier molecular flexibility index (Phi) is 5.21. The molecule has 1 unspecified atom stereocenters. The lowest BCUT2D eigenvalue weighted by molar-refractivity contribution is 0.542. The van der Waals surface area contributed by atoms with E-state index in [1.807, 2.05) is 11.3 Å². The van der Waals surface area contributed by atoms with E-state index in [2.05, 4.69) is 49.5 Å². The molecule has 1 N–H and O–H groups in total. The van der Waals surface area contributed by atoms with E-state index in [0.717, 1.165) is 6.54 Å². The van der Waals surface area contributed by atoms with Crippen LogP contribution in [0.15, 0.2) is 30.3 Å². The van der Waals surface area contributed by atoms with E-state index in [0.29, 0.717) is 6.04 Å². The van der Waals surface area contributed by atoms with Gasteiger partial charge in [0.05, 0.1) is 0 Å². The molecule has 2 heteroatoms. The third-order valence-corrected chi connectivity index (χ3v) is 4.65. The molecule has 1 atom stereocenters. The molecule has 0 bridgehead atoms. The van der Waals surface area contributed by atoms with Gasteiger partial charge in [-0.15, -0.1) is 11.3 Å². The highest BCUT2D eigenvalue weighted by molar-refractivity contribution is 7.19. The van der Waals surface area contributed by atoms with Crippen LogP contribution >= 0.6 is 11.3 Å². The molecule has 1 aromatic heterocycles. The maximum Gasteiger partial charge on any atom is 0.0386 e. The average Bonchev–Trinajstić information content (AvgIpc) is 2.82. The SMILES string of the molecule is CCCCCCNC(C)c1cc2ccccc2s1. The molecule has 0 aliphatic carbocycles. The normalized spacial score (nSPS) is 13.0. The zero-order valence-electron chi connectivity index (χ0n) is 11.4. The van der Waals surface area contributed by atoms with Crippen molar-refractivity contribution in [2.45, 2.75) is 45.6 Å². The van der Waals surface area contributed by atoms with Crippen LogP contribution in [0.1, 0.15) is 50.4 Å². The molecule has 2 aromatic rings. The third kappa shape index (κ3) is 3.56. The van der Waals surface area contributed by atoms with Crippen LogP contribution < -0.4 is 5.32 Å². The van der Waals surface area contributed by atoms with E-state index in [4.69, 9.17) is 0 Å². The highest BCUT2D eigenvalue weighted by Crippen LogP contribution is 2.29. The summed E-state index contributed by atoms with van der Waals surface area (Å²) >= 11 is 1.91. The Hall–Kier alpha value is -0.860. The molecule has 0 radical (unpaired) electrons. The van der Waals surface area contributed by atoms with E-state index in [-0.39, 0.29) is 0 Å². The molecular formula is C16H23NS. The van der Waals surface area contributed by atoms with Crippen LogP contribution in [0.5, 0.6) is 0 Å². The predicted octanol–water partition coefficient (Wildman–Crippen LogP) is 5.13. The van der Waals surface area contributed by atoms with Crippen LogP contribution in [-0.2, 0) is 0 Å². The van der Waals surface area contributed by atoms with Crippen molar-refractivity contribution in [2.75, 3.05) is 6.54 Å². The minimum Gasteiger partial charge on any atom is -0.309 e. The van der Waals surface area contributed by atoms with E-state index in [1.165, 1.54) is 40.6 Å². The summed E-state index contributed by atoms with van der Waals surface area (Å²) in [6, 6.07) is 11.4. The predicted molar refractivity (Wildman–Crippen MR) is 82.4 cm³/mol. The Morgan fingerprint density at radius 3 is 2.78 bits per heavy atom. The van der Waals surface area contributed by atoms with Crippen molar-refractivity contribution in [1.82, 2.24) is 5.32 Å². The Morgan fingerprint density at radius 1 is 1.17 bits per heavy atom. The molecule has 98 valence electrons. The van der Waals surface area contributed by atoms with Crippen molar-refractivity contribution in [3.05, 3.63) is 35.2 Å². The quantitative estimate of drug-likeness (QED) is 0.681. The molecule has 1 aromatic carbocycles. The second-order valence-electron chi connectivity index (χ2n) is 4.92. The number of hydrogen-bond donors (Lipinski definition) is 1. The van der Waals surface area contributed by atoms with Crippen LogP contribution in [0, 0.1) is 0 Å². The number of rotatable bonds is 7. The first-order valence-electron chi connectivity index (χ1n) is 7.03. The minimum atomic E-state index is 0.476. The molecule has 1 nitrogen and oxygen atoms in total. The molecule has 0 spiro atoms. The summed E-state index contributed by atoms with van der Waals surface area (Å²) in [7, 11) is 0. The zero-order chi connectivity index (χ0) is 12.8. The lowest BCUT2D eigenvalue weighted by Crippen LogP contribution is -2.18. The van der Waals surface area contributed by atoms with Crippen LogP contribution in [0.25, 0.3) is 10.1 Å². The summed E-state index contributed by atoms with van der Waals surface area (Å²) in [6.07, 6.45) is 5.32. The summed E-state index contributed by atoms with van der Waals surface area (Å²) in [5.41, 5.74) is 0. The maximum atomic E-state index is 3.63. The Balaban J connectivity index is 1.86. The number of thiophene rings is 1. The number of benzene rings is 1. The summed E-state index contributed by atoms with van der Waals surface area (Å²) in [5.74, 6) is 0. The van der Waals surface area contributed by atoms with Gasteiger partial charge in [0.15, 0.2) is 0 Å². The number of fused-ring (bicyclic) bond motifs is 1. The molecule has 1 heterocycles. The topological polar surface area (TPSA) is 12.0 Å². The van der Waals surface area contributed by atoms with E-state index in [9.17, 15) is 0 Å². The smallest absolute Gasteiger partial charge is 0.0386 e. The fourth-order valence-electron chi connectivity index (χ4n) is 2.19. The second kappa shape index (κ2) is 6.91. The Labute approximate surface area is 114 Å². The van der Waals surface area contributed by atoms with Crippen molar-refractivity contribution in [2.24, 2.45) is 0 Å². The monoisotopic (exact) mass is 261 g/mol. The van der Waals surface area contributed by atoms with Crippen LogP contribution in [0.3, 0.4) is 0 Å². The van der Waals surface area contributed by atoms with Gasteiger partial charge in [-0.2, -0.15) is 0 Å². The van der Waals surface area contributed by atoms with Gasteiger partial charge >= 0.3 is 0 Å². The maximum absolute atomic E-state index is 3.63. The molecule has 2 rings (SSSR count). The fraction of sp³-hybridized carbons (Fsp3) is 0.500. The first-order valence-corrected chi connectivity index (χ1v) is 7.84. The van der Waals surface area contributed by atoms with Gasteiger partial charge in [-0.3, -0.25) is 0 Å². The largest absolute Gasteiger partial charge is 0.309 e. The summed E-state index contributed by atoms with van der Waals surface area (Å²) in [4.78, 5) is 1.45. The van der Waals surface area contributed by atoms with Gasteiger partial charge < -0.3 is 5.32 Å². The average molecular weight is 261 g/mol. The number of nitrogens with one attached hydrogen (secondary N) is 1. The molecular weight excluding hydrogens is 238 g/mol. The van der Waals surface area contributed by atoms with Gasteiger partial charge in [0, 0.05) is 15.6 Å². The molecule has 18 heavy (non-hydrogen) atoms. The zero-order valence-corrected chi connectivity index (χ0v) is 12.2. The molecule has 0 aliphatic rings. The van der Waals surface area contributed by atoms with Gasteiger partial charge in [-0.05, 0) is 37.4 Å². The summed E-state index contributed by atoms with van der Waals surface area (Å²) in [5, 5.41) is 5.00. The molecule has 0 saturated carbocycles. The Bertz CT molecular complexity index is 442. The van der Waals surface area contributed by atoms with E-state index >= 15 is 0 Å². The van der Waals surface area contributed by atoms with Crippen LogP contribution in [0.4, 0.5) is 0 Å². The van der Waals surface area contributed by atoms with Crippen molar-refractivity contribution in [1.29, 1.82) is 0 Å². The first kappa shape index (κ1) is 13.6. The van der Waals surface area contributed by atoms with Crippen molar-refractivity contribution in [3.63, 3.8) is 0 Å². The Morgan fingerprint density at radius 2 is 2.00 bits per heavy atom. The summed E-state index contributed by atoms with van der Waals surface area (Å²) in [6.45, 7) is 5.66. The van der Waals surface area contributed by atoms with Crippen molar-refractivity contribution in [3.8, 4) is 0 Å². The van der Waals surface area contributed by atoms with Crippen LogP contribution in [-0.4, -0.2) is 6.54 Å². The first-order chi connectivity index (χ1) is 8.81.